The van der Waals surface area contributed by atoms with Gasteiger partial charge in [-0.1, -0.05) is 6.07 Å². The molecule has 0 bridgehead atoms. The number of rotatable bonds is 4. The Hall–Kier alpha value is -1.93. The number of hydrogen-bond donors (Lipinski definition) is 1. The number of nitro benzene ring substituents is 1. The predicted molar refractivity (Wildman–Crippen MR) is 60.0 cm³/mol. The molecule has 5 nitrogen and oxygen atoms in total. The first-order valence-electron chi connectivity index (χ1n) is 4.93. The molecule has 0 saturated heterocycles. The second-order valence-corrected chi connectivity index (χ2v) is 3.60. The van der Waals surface area contributed by atoms with Gasteiger partial charge in [0.05, 0.1) is 16.6 Å². The van der Waals surface area contributed by atoms with E-state index in [1.807, 2.05) is 20.0 Å². The number of nitrogens with one attached hydrogen (secondary N) is 1. The van der Waals surface area contributed by atoms with Crippen LogP contribution in [0, 0.1) is 21.4 Å². The van der Waals surface area contributed by atoms with E-state index in [1.54, 1.807) is 6.07 Å². The number of hydrogen-bond acceptors (Lipinski definition) is 4. The van der Waals surface area contributed by atoms with Crippen LogP contribution in [-0.4, -0.2) is 18.0 Å². The maximum absolute atomic E-state index is 10.5. The first-order valence-corrected chi connectivity index (χ1v) is 4.93. The van der Waals surface area contributed by atoms with E-state index in [4.69, 9.17) is 5.26 Å². The van der Waals surface area contributed by atoms with Crippen molar-refractivity contribution >= 4 is 5.69 Å². The van der Waals surface area contributed by atoms with E-state index in [2.05, 4.69) is 5.32 Å². The van der Waals surface area contributed by atoms with Crippen LogP contribution in [0.5, 0.6) is 0 Å². The third-order valence-electron chi connectivity index (χ3n) is 2.44. The van der Waals surface area contributed by atoms with Gasteiger partial charge in [-0.2, -0.15) is 5.26 Å². The Morgan fingerprint density at radius 1 is 1.62 bits per heavy atom. The maximum atomic E-state index is 10.5. The quantitative estimate of drug-likeness (QED) is 0.616. The third-order valence-corrected chi connectivity index (χ3v) is 2.44. The average Bonchev–Trinajstić information content (AvgIpc) is 2.29. The van der Waals surface area contributed by atoms with Gasteiger partial charge < -0.3 is 5.32 Å². The van der Waals surface area contributed by atoms with Gasteiger partial charge in [0.25, 0.3) is 5.69 Å². The van der Waals surface area contributed by atoms with E-state index < -0.39 is 4.92 Å². The van der Waals surface area contributed by atoms with Gasteiger partial charge in [-0.25, -0.2) is 0 Å². The summed E-state index contributed by atoms with van der Waals surface area (Å²) in [6.45, 7) is 1.99. The second-order valence-electron chi connectivity index (χ2n) is 3.60. The molecule has 5 heteroatoms. The van der Waals surface area contributed by atoms with Crippen LogP contribution in [0.2, 0.25) is 0 Å². The van der Waals surface area contributed by atoms with Crippen molar-refractivity contribution in [2.75, 3.05) is 7.05 Å². The average molecular weight is 219 g/mol. The summed E-state index contributed by atoms with van der Waals surface area (Å²) in [4.78, 5) is 10.0. The highest BCUT2D eigenvalue weighted by molar-refractivity contribution is 5.46. The lowest BCUT2D eigenvalue weighted by molar-refractivity contribution is -0.384. The van der Waals surface area contributed by atoms with Crippen LogP contribution in [0.25, 0.3) is 0 Å². The molecule has 0 aliphatic carbocycles. The molecule has 1 rings (SSSR count). The Kier molecular flexibility index (Phi) is 3.97. The molecule has 0 saturated carbocycles. The second kappa shape index (κ2) is 5.24. The fraction of sp³-hybridized carbons (Fsp3) is 0.364. The summed E-state index contributed by atoms with van der Waals surface area (Å²) in [5.74, 6) is 0. The monoisotopic (exact) mass is 219 g/mol. The summed E-state index contributed by atoms with van der Waals surface area (Å²) in [5.41, 5.74) is 1.16. The highest BCUT2D eigenvalue weighted by atomic mass is 16.6. The molecule has 0 heterocycles. The van der Waals surface area contributed by atoms with E-state index in [1.165, 1.54) is 12.1 Å². The van der Waals surface area contributed by atoms with Crippen molar-refractivity contribution in [2.24, 2.45) is 0 Å². The van der Waals surface area contributed by atoms with E-state index >= 15 is 0 Å². The van der Waals surface area contributed by atoms with Crippen molar-refractivity contribution in [1.82, 2.24) is 5.32 Å². The zero-order valence-corrected chi connectivity index (χ0v) is 9.23. The van der Waals surface area contributed by atoms with Crippen molar-refractivity contribution in [1.29, 1.82) is 5.26 Å². The highest BCUT2D eigenvalue weighted by Gasteiger charge is 2.11. The molecule has 0 radical (unpaired) electrons. The van der Waals surface area contributed by atoms with Gasteiger partial charge in [0.1, 0.15) is 0 Å². The van der Waals surface area contributed by atoms with Crippen molar-refractivity contribution < 1.29 is 4.92 Å². The van der Waals surface area contributed by atoms with Gasteiger partial charge in [-0.3, -0.25) is 10.1 Å². The Labute approximate surface area is 93.9 Å². The lowest BCUT2D eigenvalue weighted by atomic mass is 10.0. The van der Waals surface area contributed by atoms with Crippen LogP contribution in [0.4, 0.5) is 5.69 Å². The van der Waals surface area contributed by atoms with Crippen LogP contribution in [0.1, 0.15) is 18.1 Å². The number of nitro groups is 1. The zero-order valence-electron chi connectivity index (χ0n) is 9.23. The lowest BCUT2D eigenvalue weighted by Crippen LogP contribution is -2.23. The summed E-state index contributed by atoms with van der Waals surface area (Å²) < 4.78 is 0. The van der Waals surface area contributed by atoms with Crippen molar-refractivity contribution in [2.45, 2.75) is 19.4 Å². The third kappa shape index (κ3) is 2.78. The molecule has 0 aliphatic heterocycles. The van der Waals surface area contributed by atoms with Gasteiger partial charge >= 0.3 is 0 Å². The first kappa shape index (κ1) is 12.1. The molecule has 1 aromatic carbocycles. The normalized spacial score (nSPS) is 11.8. The van der Waals surface area contributed by atoms with Crippen molar-refractivity contribution in [3.05, 3.63) is 39.4 Å². The standard InChI is InChI=1S/C11H13N3O2/c1-8(13-2)5-9-3-4-11(14(15)16)6-10(9)7-12/h3-4,6,8,13H,5H2,1-2H3. The lowest BCUT2D eigenvalue weighted by Gasteiger charge is -2.10. The minimum Gasteiger partial charge on any atom is -0.317 e. The van der Waals surface area contributed by atoms with Crippen LogP contribution in [0.3, 0.4) is 0 Å². The van der Waals surface area contributed by atoms with Gasteiger partial charge in [0, 0.05) is 18.2 Å². The molecule has 1 unspecified atom stereocenters. The minimum absolute atomic E-state index is 0.0441. The molecule has 0 spiro atoms. The number of non-ortho nitro benzene ring substituents is 1. The maximum Gasteiger partial charge on any atom is 0.270 e. The SMILES string of the molecule is CNC(C)Cc1ccc([N+](=O)[O-])cc1C#N. The fourth-order valence-corrected chi connectivity index (χ4v) is 1.39. The largest absolute Gasteiger partial charge is 0.317 e. The molecule has 0 aromatic heterocycles. The minimum atomic E-state index is -0.494. The number of nitrogens with zero attached hydrogens (tertiary/aromatic N) is 2. The Morgan fingerprint density at radius 2 is 2.31 bits per heavy atom. The Balaban J connectivity index is 3.03. The van der Waals surface area contributed by atoms with Crippen LogP contribution >= 0.6 is 0 Å². The number of likely N-dealkylation sites (N-methyl/N-ethyl adjacent to an activating group) is 1. The van der Waals surface area contributed by atoms with Crippen LogP contribution in [-0.2, 0) is 6.42 Å². The smallest absolute Gasteiger partial charge is 0.270 e. The molecule has 16 heavy (non-hydrogen) atoms. The van der Waals surface area contributed by atoms with E-state index in [0.29, 0.717) is 12.0 Å². The molecule has 0 amide bonds. The summed E-state index contributed by atoms with van der Waals surface area (Å²) in [7, 11) is 1.84. The predicted octanol–water partition coefficient (Wildman–Crippen LogP) is 1.62. The van der Waals surface area contributed by atoms with E-state index in [9.17, 15) is 10.1 Å². The first-order chi connectivity index (χ1) is 7.58. The molecule has 1 atom stereocenters. The molecular formula is C11H13N3O2. The molecule has 0 fully saturated rings. The number of benzene rings is 1. The Morgan fingerprint density at radius 3 is 2.81 bits per heavy atom. The van der Waals surface area contributed by atoms with Gasteiger partial charge in [-0.15, -0.1) is 0 Å². The van der Waals surface area contributed by atoms with Gasteiger partial charge in [0.2, 0.25) is 0 Å². The summed E-state index contributed by atoms with van der Waals surface area (Å²) in [6.07, 6.45) is 0.678. The van der Waals surface area contributed by atoms with Gasteiger partial charge in [0.15, 0.2) is 0 Å². The molecule has 0 aliphatic rings. The molecular weight excluding hydrogens is 206 g/mol. The van der Waals surface area contributed by atoms with Gasteiger partial charge in [-0.05, 0) is 26.0 Å². The highest BCUT2D eigenvalue weighted by Crippen LogP contribution is 2.18. The van der Waals surface area contributed by atoms with Crippen LogP contribution < -0.4 is 5.32 Å². The van der Waals surface area contributed by atoms with E-state index in [-0.39, 0.29) is 11.7 Å². The summed E-state index contributed by atoms with van der Waals surface area (Å²) in [6, 6.07) is 6.61. The van der Waals surface area contributed by atoms with Crippen molar-refractivity contribution in [3.63, 3.8) is 0 Å². The summed E-state index contributed by atoms with van der Waals surface area (Å²) >= 11 is 0. The topological polar surface area (TPSA) is 79.0 Å². The fourth-order valence-electron chi connectivity index (χ4n) is 1.39. The zero-order chi connectivity index (χ0) is 12.1. The summed E-state index contributed by atoms with van der Waals surface area (Å²) in [5, 5.41) is 22.5. The molecule has 84 valence electrons. The van der Waals surface area contributed by atoms with Crippen LogP contribution in [0.15, 0.2) is 18.2 Å². The molecule has 1 aromatic rings. The van der Waals surface area contributed by atoms with Crippen molar-refractivity contribution in [3.8, 4) is 6.07 Å². The number of nitriles is 1. The van der Waals surface area contributed by atoms with E-state index in [0.717, 1.165) is 5.56 Å². The Bertz CT molecular complexity index is 437. The molecule has 1 N–H and O–H groups in total.